The van der Waals surface area contributed by atoms with Crippen LogP contribution in [0.25, 0.3) is 10.1 Å². The van der Waals surface area contributed by atoms with Gasteiger partial charge in [0, 0.05) is 22.6 Å². The van der Waals surface area contributed by atoms with E-state index in [1.165, 1.54) is 35.6 Å². The number of fused-ring (bicyclic) bond motifs is 1. The maximum atomic E-state index is 12.5. The Morgan fingerprint density at radius 1 is 1.06 bits per heavy atom. The largest absolute Gasteiger partial charge is 0.573 e. The van der Waals surface area contributed by atoms with E-state index in [9.17, 15) is 18.0 Å². The van der Waals surface area contributed by atoms with Gasteiger partial charge in [0.2, 0.25) is 0 Å². The second kappa shape index (κ2) is 9.15. The Balaban J connectivity index is 1.39. The third-order valence-electron chi connectivity index (χ3n) is 5.13. The Morgan fingerprint density at radius 2 is 1.77 bits per heavy atom. The average molecular weight is 449 g/mol. The minimum atomic E-state index is -4.71. The molecule has 31 heavy (non-hydrogen) atoms. The number of amides is 1. The first-order chi connectivity index (χ1) is 14.9. The molecule has 1 aliphatic heterocycles. The summed E-state index contributed by atoms with van der Waals surface area (Å²) in [6.45, 7) is 2.68. The molecule has 0 radical (unpaired) electrons. The second-order valence-corrected chi connectivity index (χ2v) is 8.55. The SMILES string of the molecule is O=C(NCC1CCNCC1)c1cc2cc(Nc3ccc(OC(F)(F)F)cc3)ccc2s1. The number of alkyl halides is 3. The summed E-state index contributed by atoms with van der Waals surface area (Å²) in [5.41, 5.74) is 1.40. The van der Waals surface area contributed by atoms with E-state index in [-0.39, 0.29) is 11.7 Å². The second-order valence-electron chi connectivity index (χ2n) is 7.46. The molecule has 4 rings (SSSR count). The molecule has 0 unspecified atom stereocenters. The summed E-state index contributed by atoms with van der Waals surface area (Å²) in [5.74, 6) is 0.185. The van der Waals surface area contributed by atoms with Gasteiger partial charge in [0.05, 0.1) is 4.88 Å². The van der Waals surface area contributed by atoms with Crippen LogP contribution in [-0.2, 0) is 0 Å². The third-order valence-corrected chi connectivity index (χ3v) is 6.24. The summed E-state index contributed by atoms with van der Waals surface area (Å²) < 4.78 is 41.7. The molecule has 1 amide bonds. The molecule has 1 aromatic heterocycles. The summed E-state index contributed by atoms with van der Waals surface area (Å²) in [4.78, 5) is 13.2. The van der Waals surface area contributed by atoms with Gasteiger partial charge in [-0.15, -0.1) is 24.5 Å². The van der Waals surface area contributed by atoms with E-state index in [1.54, 1.807) is 0 Å². The van der Waals surface area contributed by atoms with E-state index in [0.29, 0.717) is 23.0 Å². The van der Waals surface area contributed by atoms with Crippen molar-refractivity contribution in [3.05, 3.63) is 53.4 Å². The monoisotopic (exact) mass is 449 g/mol. The third kappa shape index (κ3) is 5.89. The van der Waals surface area contributed by atoms with E-state index in [1.807, 2.05) is 24.3 Å². The highest BCUT2D eigenvalue weighted by molar-refractivity contribution is 7.20. The molecule has 5 nitrogen and oxygen atoms in total. The molecule has 0 spiro atoms. The Kier molecular flexibility index (Phi) is 6.33. The minimum Gasteiger partial charge on any atom is -0.406 e. The van der Waals surface area contributed by atoms with Gasteiger partial charge >= 0.3 is 6.36 Å². The van der Waals surface area contributed by atoms with Crippen molar-refractivity contribution in [2.75, 3.05) is 25.0 Å². The van der Waals surface area contributed by atoms with Gasteiger partial charge in [0.1, 0.15) is 5.75 Å². The number of hydrogen-bond donors (Lipinski definition) is 3. The first-order valence-corrected chi connectivity index (χ1v) is 10.8. The molecule has 1 fully saturated rings. The highest BCUT2D eigenvalue weighted by atomic mass is 32.1. The minimum absolute atomic E-state index is 0.0607. The van der Waals surface area contributed by atoms with Crippen molar-refractivity contribution in [3.8, 4) is 5.75 Å². The highest BCUT2D eigenvalue weighted by Crippen LogP contribution is 2.30. The molecule has 0 saturated carbocycles. The maximum Gasteiger partial charge on any atom is 0.573 e. The van der Waals surface area contributed by atoms with Gasteiger partial charge < -0.3 is 20.7 Å². The molecule has 0 aliphatic carbocycles. The zero-order chi connectivity index (χ0) is 21.8. The summed E-state index contributed by atoms with van der Waals surface area (Å²) >= 11 is 1.44. The Bertz CT molecular complexity index is 1040. The van der Waals surface area contributed by atoms with E-state index >= 15 is 0 Å². The molecule has 3 aromatic rings. The number of benzene rings is 2. The van der Waals surface area contributed by atoms with Crippen molar-refractivity contribution < 1.29 is 22.7 Å². The fourth-order valence-corrected chi connectivity index (χ4v) is 4.51. The topological polar surface area (TPSA) is 62.4 Å². The van der Waals surface area contributed by atoms with E-state index < -0.39 is 6.36 Å². The number of thiophene rings is 1. The molecular weight excluding hydrogens is 427 g/mol. The van der Waals surface area contributed by atoms with Gasteiger partial charge in [-0.25, -0.2) is 0 Å². The molecule has 3 N–H and O–H groups in total. The van der Waals surface area contributed by atoms with Crippen molar-refractivity contribution in [2.24, 2.45) is 5.92 Å². The first-order valence-electron chi connectivity index (χ1n) is 10.0. The zero-order valence-electron chi connectivity index (χ0n) is 16.6. The van der Waals surface area contributed by atoms with Gasteiger partial charge in [-0.2, -0.15) is 0 Å². The van der Waals surface area contributed by atoms with Crippen LogP contribution in [0.3, 0.4) is 0 Å². The number of carbonyl (C=O) groups excluding carboxylic acids is 1. The smallest absolute Gasteiger partial charge is 0.406 e. The summed E-state index contributed by atoms with van der Waals surface area (Å²) in [7, 11) is 0. The molecule has 0 atom stereocenters. The van der Waals surface area contributed by atoms with Gasteiger partial charge in [0.15, 0.2) is 0 Å². The van der Waals surface area contributed by atoms with Crippen LogP contribution in [-0.4, -0.2) is 31.9 Å². The van der Waals surface area contributed by atoms with Crippen LogP contribution in [0.1, 0.15) is 22.5 Å². The number of ether oxygens (including phenoxy) is 1. The number of anilines is 2. The van der Waals surface area contributed by atoms with Gasteiger partial charge in [0.25, 0.3) is 5.91 Å². The Hall–Kier alpha value is -2.78. The lowest BCUT2D eigenvalue weighted by Crippen LogP contribution is -2.35. The standard InChI is InChI=1S/C22H22F3N3O2S/c23-22(24,25)30-18-4-1-16(2-5-18)28-17-3-6-19-15(11-17)12-20(31-19)21(29)27-13-14-7-9-26-10-8-14/h1-6,11-12,14,26,28H,7-10,13H2,(H,27,29). The summed E-state index contributed by atoms with van der Waals surface area (Å²) in [5, 5.41) is 10.4. The Labute approximate surface area is 181 Å². The van der Waals surface area contributed by atoms with Crippen molar-refractivity contribution >= 4 is 38.7 Å². The van der Waals surface area contributed by atoms with Crippen LogP contribution in [0, 0.1) is 5.92 Å². The van der Waals surface area contributed by atoms with Gasteiger partial charge in [-0.1, -0.05) is 0 Å². The molecule has 2 heterocycles. The maximum absolute atomic E-state index is 12.5. The van der Waals surface area contributed by atoms with Crippen molar-refractivity contribution in [1.29, 1.82) is 0 Å². The molecule has 9 heteroatoms. The lowest BCUT2D eigenvalue weighted by atomic mass is 9.98. The zero-order valence-corrected chi connectivity index (χ0v) is 17.4. The molecule has 1 aliphatic rings. The average Bonchev–Trinajstić information content (AvgIpc) is 3.17. The Morgan fingerprint density at radius 3 is 2.48 bits per heavy atom. The van der Waals surface area contributed by atoms with Crippen LogP contribution in [0.15, 0.2) is 48.5 Å². The van der Waals surface area contributed by atoms with Gasteiger partial charge in [-0.3, -0.25) is 4.79 Å². The lowest BCUT2D eigenvalue weighted by Gasteiger charge is -2.22. The predicted molar refractivity (Wildman–Crippen MR) is 116 cm³/mol. The quantitative estimate of drug-likeness (QED) is 0.480. The number of halogens is 3. The number of carbonyl (C=O) groups is 1. The number of hydrogen-bond acceptors (Lipinski definition) is 5. The van der Waals surface area contributed by atoms with Crippen LogP contribution < -0.4 is 20.7 Å². The van der Waals surface area contributed by atoms with Crippen molar-refractivity contribution in [3.63, 3.8) is 0 Å². The van der Waals surface area contributed by atoms with Crippen molar-refractivity contribution in [2.45, 2.75) is 19.2 Å². The molecule has 164 valence electrons. The van der Waals surface area contributed by atoms with Crippen LogP contribution in [0.2, 0.25) is 0 Å². The van der Waals surface area contributed by atoms with Crippen LogP contribution >= 0.6 is 11.3 Å². The fourth-order valence-electron chi connectivity index (χ4n) is 3.55. The molecular formula is C22H22F3N3O2S. The highest BCUT2D eigenvalue weighted by Gasteiger charge is 2.30. The summed E-state index contributed by atoms with van der Waals surface area (Å²) in [6.07, 6.45) is -2.56. The fraction of sp³-hybridized carbons (Fsp3) is 0.318. The number of nitrogens with one attached hydrogen (secondary N) is 3. The summed E-state index contributed by atoms with van der Waals surface area (Å²) in [6, 6.07) is 13.1. The molecule has 1 saturated heterocycles. The number of piperidine rings is 1. The van der Waals surface area contributed by atoms with Crippen molar-refractivity contribution in [1.82, 2.24) is 10.6 Å². The predicted octanol–water partition coefficient (Wildman–Crippen LogP) is 5.27. The van der Waals surface area contributed by atoms with Crippen LogP contribution in [0.4, 0.5) is 24.5 Å². The lowest BCUT2D eigenvalue weighted by molar-refractivity contribution is -0.274. The first kappa shape index (κ1) is 21.5. The molecule has 2 aromatic carbocycles. The van der Waals surface area contributed by atoms with E-state index in [0.717, 1.165) is 41.7 Å². The normalized spacial score (nSPS) is 15.1. The van der Waals surface area contributed by atoms with Crippen LogP contribution in [0.5, 0.6) is 5.75 Å². The van der Waals surface area contributed by atoms with Gasteiger partial charge in [-0.05, 0) is 85.8 Å². The molecule has 0 bridgehead atoms. The number of rotatable bonds is 6. The van der Waals surface area contributed by atoms with E-state index in [4.69, 9.17) is 0 Å². The van der Waals surface area contributed by atoms with E-state index in [2.05, 4.69) is 20.7 Å².